The summed E-state index contributed by atoms with van der Waals surface area (Å²) in [6, 6.07) is 8.88. The highest BCUT2D eigenvalue weighted by atomic mass is 32.1. The highest BCUT2D eigenvalue weighted by Crippen LogP contribution is 2.25. The van der Waals surface area contributed by atoms with E-state index in [2.05, 4.69) is 52.5 Å². The predicted molar refractivity (Wildman–Crippen MR) is 133 cm³/mol. The Hall–Kier alpha value is -2.38. The number of thiazole rings is 1. The van der Waals surface area contributed by atoms with Crippen molar-refractivity contribution in [3.8, 4) is 11.3 Å². The van der Waals surface area contributed by atoms with Gasteiger partial charge in [-0.25, -0.2) is 9.78 Å². The van der Waals surface area contributed by atoms with Crippen LogP contribution in [0.5, 0.6) is 0 Å². The Kier molecular flexibility index (Phi) is 6.97. The minimum atomic E-state index is 0.0647. The van der Waals surface area contributed by atoms with Crippen LogP contribution in [-0.4, -0.2) is 52.2 Å². The molecule has 33 heavy (non-hydrogen) atoms. The average molecular weight is 467 g/mol. The van der Waals surface area contributed by atoms with E-state index < -0.39 is 0 Å². The molecule has 3 aromatic rings. The molecule has 1 N–H and O–H groups in total. The standard InChI is InChI=1S/C26H34N4O2S/c1-19-9-11-20(12-10-19)24-17-30-22(18-33-26(30)28-24)13-14-29(16-23-8-5-15-32-23)25(31)27-21-6-3-2-4-7-21/h9-12,17-18,21,23H,2-8,13-16H2,1H3,(H,27,31). The van der Waals surface area contributed by atoms with E-state index in [0.29, 0.717) is 19.1 Å². The van der Waals surface area contributed by atoms with Crippen LogP contribution >= 0.6 is 11.3 Å². The fraction of sp³-hybridized carbons (Fsp3) is 0.538. The van der Waals surface area contributed by atoms with Gasteiger partial charge in [0.15, 0.2) is 4.96 Å². The lowest BCUT2D eigenvalue weighted by molar-refractivity contribution is 0.0806. The zero-order chi connectivity index (χ0) is 22.6. The van der Waals surface area contributed by atoms with Crippen LogP contribution in [0.1, 0.15) is 56.2 Å². The number of amides is 2. The van der Waals surface area contributed by atoms with Crippen molar-refractivity contribution in [3.63, 3.8) is 0 Å². The monoisotopic (exact) mass is 466 g/mol. The van der Waals surface area contributed by atoms with Gasteiger partial charge in [0.05, 0.1) is 11.8 Å². The number of imidazole rings is 1. The normalized spacial score (nSPS) is 19.2. The lowest BCUT2D eigenvalue weighted by Gasteiger charge is -2.29. The van der Waals surface area contributed by atoms with Crippen molar-refractivity contribution >= 4 is 22.3 Å². The van der Waals surface area contributed by atoms with E-state index in [1.165, 1.54) is 30.5 Å². The molecule has 1 aromatic carbocycles. The number of carbonyl (C=O) groups is 1. The number of hydrogen-bond acceptors (Lipinski definition) is 4. The van der Waals surface area contributed by atoms with E-state index in [9.17, 15) is 4.79 Å². The lowest BCUT2D eigenvalue weighted by Crippen LogP contribution is -2.48. The quantitative estimate of drug-likeness (QED) is 0.505. The first-order chi connectivity index (χ1) is 16.2. The molecule has 3 heterocycles. The Bertz CT molecular complexity index is 1060. The number of fused-ring (bicyclic) bond motifs is 1. The molecule has 0 radical (unpaired) electrons. The molecule has 1 aliphatic heterocycles. The highest BCUT2D eigenvalue weighted by molar-refractivity contribution is 7.15. The molecule has 2 aromatic heterocycles. The number of nitrogens with one attached hydrogen (secondary N) is 1. The third-order valence-electron chi connectivity index (χ3n) is 6.94. The maximum Gasteiger partial charge on any atom is 0.317 e. The second kappa shape index (κ2) is 10.3. The van der Waals surface area contributed by atoms with Gasteiger partial charge in [0.25, 0.3) is 0 Å². The zero-order valence-electron chi connectivity index (χ0n) is 19.5. The summed E-state index contributed by atoms with van der Waals surface area (Å²) in [4.78, 5) is 21.0. The summed E-state index contributed by atoms with van der Waals surface area (Å²) >= 11 is 1.66. The van der Waals surface area contributed by atoms with Crippen LogP contribution < -0.4 is 5.32 Å². The fourth-order valence-electron chi connectivity index (χ4n) is 4.94. The van der Waals surface area contributed by atoms with Gasteiger partial charge in [0.2, 0.25) is 0 Å². The van der Waals surface area contributed by atoms with Gasteiger partial charge in [-0.3, -0.25) is 4.40 Å². The third-order valence-corrected chi connectivity index (χ3v) is 7.83. The molecule has 2 aliphatic rings. The van der Waals surface area contributed by atoms with Crippen LogP contribution in [0.25, 0.3) is 16.2 Å². The zero-order valence-corrected chi connectivity index (χ0v) is 20.3. The van der Waals surface area contributed by atoms with Gasteiger partial charge in [-0.05, 0) is 32.6 Å². The first-order valence-corrected chi connectivity index (χ1v) is 13.2. The third kappa shape index (κ3) is 5.41. The molecule has 1 unspecified atom stereocenters. The van der Waals surface area contributed by atoms with Gasteiger partial charge < -0.3 is 15.0 Å². The molecule has 0 spiro atoms. The van der Waals surface area contributed by atoms with Crippen LogP contribution in [0, 0.1) is 6.92 Å². The Morgan fingerprint density at radius 3 is 2.76 bits per heavy atom. The van der Waals surface area contributed by atoms with Crippen LogP contribution in [0.2, 0.25) is 0 Å². The number of nitrogens with zero attached hydrogens (tertiary/aromatic N) is 3. The molecule has 0 bridgehead atoms. The van der Waals surface area contributed by atoms with Crippen LogP contribution in [0.15, 0.2) is 35.8 Å². The van der Waals surface area contributed by atoms with E-state index >= 15 is 0 Å². The van der Waals surface area contributed by atoms with Crippen LogP contribution in [0.3, 0.4) is 0 Å². The summed E-state index contributed by atoms with van der Waals surface area (Å²) in [5, 5.41) is 5.48. The van der Waals surface area contributed by atoms with E-state index in [0.717, 1.165) is 54.9 Å². The van der Waals surface area contributed by atoms with Crippen molar-refractivity contribution in [3.05, 3.63) is 47.1 Å². The van der Waals surface area contributed by atoms with E-state index in [1.54, 1.807) is 11.3 Å². The largest absolute Gasteiger partial charge is 0.376 e. The Labute approximate surface area is 200 Å². The summed E-state index contributed by atoms with van der Waals surface area (Å²) in [5.74, 6) is 0. The number of carbonyl (C=O) groups excluding carboxylic acids is 1. The highest BCUT2D eigenvalue weighted by Gasteiger charge is 2.25. The van der Waals surface area contributed by atoms with E-state index in [-0.39, 0.29) is 12.1 Å². The Morgan fingerprint density at radius 2 is 2.00 bits per heavy atom. The summed E-state index contributed by atoms with van der Waals surface area (Å²) in [7, 11) is 0. The summed E-state index contributed by atoms with van der Waals surface area (Å²) in [6.45, 7) is 4.26. The van der Waals surface area contributed by atoms with E-state index in [4.69, 9.17) is 9.72 Å². The second-order valence-electron chi connectivity index (χ2n) is 9.49. The molecule has 1 atom stereocenters. The number of rotatable bonds is 7. The van der Waals surface area contributed by atoms with Gasteiger partial charge in [-0.2, -0.15) is 0 Å². The lowest BCUT2D eigenvalue weighted by atomic mass is 9.96. The molecular weight excluding hydrogens is 432 g/mol. The molecule has 6 nitrogen and oxygen atoms in total. The topological polar surface area (TPSA) is 58.9 Å². The molecule has 1 saturated carbocycles. The molecule has 1 aliphatic carbocycles. The van der Waals surface area contributed by atoms with Gasteiger partial charge in [-0.15, -0.1) is 11.3 Å². The molecule has 7 heteroatoms. The fourth-order valence-corrected chi connectivity index (χ4v) is 5.85. The summed E-state index contributed by atoms with van der Waals surface area (Å²) in [5.41, 5.74) is 4.57. The smallest absolute Gasteiger partial charge is 0.317 e. The maximum absolute atomic E-state index is 13.2. The first kappa shape index (κ1) is 22.4. The van der Waals surface area contributed by atoms with Crippen molar-refractivity contribution in [2.24, 2.45) is 0 Å². The van der Waals surface area contributed by atoms with Crippen molar-refractivity contribution in [2.75, 3.05) is 19.7 Å². The Balaban J connectivity index is 1.28. The number of ether oxygens (including phenoxy) is 1. The maximum atomic E-state index is 13.2. The average Bonchev–Trinajstić information content (AvgIpc) is 3.56. The van der Waals surface area contributed by atoms with Crippen LogP contribution in [-0.2, 0) is 11.2 Å². The number of aryl methyl sites for hydroxylation is 1. The van der Waals surface area contributed by atoms with Gasteiger partial charge in [-0.1, -0.05) is 49.1 Å². The molecule has 1 saturated heterocycles. The number of urea groups is 1. The number of hydrogen-bond donors (Lipinski definition) is 1. The van der Waals surface area contributed by atoms with Gasteiger partial charge >= 0.3 is 6.03 Å². The minimum absolute atomic E-state index is 0.0647. The molecular formula is C26H34N4O2S. The predicted octanol–water partition coefficient (Wildman–Crippen LogP) is 5.44. The first-order valence-electron chi connectivity index (χ1n) is 12.4. The number of aromatic nitrogens is 2. The second-order valence-corrected chi connectivity index (χ2v) is 10.3. The van der Waals surface area contributed by atoms with Crippen LogP contribution in [0.4, 0.5) is 4.79 Å². The van der Waals surface area contributed by atoms with E-state index in [1.807, 2.05) is 4.90 Å². The molecule has 2 amide bonds. The summed E-state index contributed by atoms with van der Waals surface area (Å²) < 4.78 is 8.04. The molecule has 5 rings (SSSR count). The Morgan fingerprint density at radius 1 is 1.18 bits per heavy atom. The molecule has 176 valence electrons. The summed E-state index contributed by atoms with van der Waals surface area (Å²) in [6.07, 6.45) is 11.1. The molecule has 2 fully saturated rings. The number of benzene rings is 1. The SMILES string of the molecule is Cc1ccc(-c2cn3c(CCN(CC4CCCO4)C(=O)NC4CCCCC4)csc3n2)cc1. The van der Waals surface area contributed by atoms with Crippen molar-refractivity contribution in [2.45, 2.75) is 70.4 Å². The van der Waals surface area contributed by atoms with Crippen molar-refractivity contribution in [1.29, 1.82) is 0 Å². The minimum Gasteiger partial charge on any atom is -0.376 e. The van der Waals surface area contributed by atoms with Gasteiger partial charge in [0, 0.05) is 55.0 Å². The van der Waals surface area contributed by atoms with Crippen molar-refractivity contribution < 1.29 is 9.53 Å². The van der Waals surface area contributed by atoms with Crippen molar-refractivity contribution in [1.82, 2.24) is 19.6 Å². The van der Waals surface area contributed by atoms with Gasteiger partial charge in [0.1, 0.15) is 0 Å².